The monoisotopic (exact) mass is 284 g/mol. The second-order valence-corrected chi connectivity index (χ2v) is 6.65. The Hall–Kier alpha value is -0.630. The quantitative estimate of drug-likeness (QED) is 0.463. The van der Waals surface area contributed by atoms with Gasteiger partial charge in [0.1, 0.15) is 0 Å². The molecule has 0 saturated heterocycles. The third-order valence-electron chi connectivity index (χ3n) is 2.89. The molecule has 19 heavy (non-hydrogen) atoms. The Kier molecular flexibility index (Phi) is 8.04. The van der Waals surface area contributed by atoms with Crippen molar-refractivity contribution < 1.29 is 13.6 Å². The number of unbranched alkanes of at least 4 members (excludes halogenated alkanes) is 2. The molecule has 0 aliphatic rings. The summed E-state index contributed by atoms with van der Waals surface area (Å²) in [6.07, 6.45) is 4.67. The minimum atomic E-state index is -2.83. The molecule has 1 rings (SSSR count). The molecular formula is C15H25O3P. The van der Waals surface area contributed by atoms with E-state index in [1.165, 1.54) is 5.56 Å². The topological polar surface area (TPSA) is 35.5 Å². The Morgan fingerprint density at radius 2 is 1.58 bits per heavy atom. The first-order valence-electron chi connectivity index (χ1n) is 7.12. The van der Waals surface area contributed by atoms with Crippen molar-refractivity contribution in [1.29, 1.82) is 0 Å². The summed E-state index contributed by atoms with van der Waals surface area (Å²) in [5.74, 6) is 0. The van der Waals surface area contributed by atoms with Crippen LogP contribution >= 0.6 is 7.60 Å². The maximum atomic E-state index is 12.2. The number of hydrogen-bond acceptors (Lipinski definition) is 3. The van der Waals surface area contributed by atoms with Gasteiger partial charge >= 0.3 is 7.60 Å². The molecule has 0 heterocycles. The van der Waals surface area contributed by atoms with Crippen molar-refractivity contribution in [1.82, 2.24) is 0 Å². The average molecular weight is 284 g/mol. The van der Waals surface area contributed by atoms with E-state index in [0.29, 0.717) is 19.4 Å². The van der Waals surface area contributed by atoms with E-state index in [2.05, 4.69) is 24.3 Å². The largest absolute Gasteiger partial charge is 0.330 e. The molecule has 0 radical (unpaired) electrons. The first kappa shape index (κ1) is 16.4. The highest BCUT2D eigenvalue weighted by Crippen LogP contribution is 2.48. The zero-order valence-corrected chi connectivity index (χ0v) is 12.9. The van der Waals surface area contributed by atoms with Crippen molar-refractivity contribution in [3.05, 3.63) is 35.9 Å². The maximum absolute atomic E-state index is 12.2. The van der Waals surface area contributed by atoms with Crippen LogP contribution in [-0.4, -0.2) is 19.4 Å². The van der Waals surface area contributed by atoms with Crippen LogP contribution in [-0.2, 0) is 20.0 Å². The lowest BCUT2D eigenvalue weighted by Crippen LogP contribution is -2.00. The van der Waals surface area contributed by atoms with Crippen molar-refractivity contribution in [2.45, 2.75) is 39.5 Å². The second kappa shape index (κ2) is 9.30. The molecule has 0 aliphatic heterocycles. The Morgan fingerprint density at radius 3 is 2.16 bits per heavy atom. The second-order valence-electron chi connectivity index (χ2n) is 4.47. The van der Waals surface area contributed by atoms with Crippen LogP contribution in [0.4, 0.5) is 0 Å². The average Bonchev–Trinajstić information content (AvgIpc) is 2.40. The van der Waals surface area contributed by atoms with Crippen LogP contribution in [0.1, 0.15) is 38.7 Å². The van der Waals surface area contributed by atoms with E-state index in [1.807, 2.05) is 19.9 Å². The summed E-state index contributed by atoms with van der Waals surface area (Å²) in [7, 11) is -2.83. The fraction of sp³-hybridized carbons (Fsp3) is 0.600. The van der Waals surface area contributed by atoms with Crippen molar-refractivity contribution in [3.8, 4) is 0 Å². The molecule has 108 valence electrons. The summed E-state index contributed by atoms with van der Waals surface area (Å²) in [4.78, 5) is 0. The van der Waals surface area contributed by atoms with E-state index < -0.39 is 7.60 Å². The van der Waals surface area contributed by atoms with Gasteiger partial charge < -0.3 is 9.05 Å². The molecule has 0 aliphatic carbocycles. The highest BCUT2D eigenvalue weighted by atomic mass is 31.2. The van der Waals surface area contributed by atoms with Crippen molar-refractivity contribution in [2.75, 3.05) is 19.4 Å². The van der Waals surface area contributed by atoms with Crippen molar-refractivity contribution in [2.24, 2.45) is 0 Å². The zero-order valence-electron chi connectivity index (χ0n) is 12.0. The summed E-state index contributed by atoms with van der Waals surface area (Å²) in [6, 6.07) is 10.4. The van der Waals surface area contributed by atoms with Gasteiger partial charge in [-0.05, 0) is 38.7 Å². The van der Waals surface area contributed by atoms with Crippen LogP contribution in [0.25, 0.3) is 0 Å². The lowest BCUT2D eigenvalue weighted by Gasteiger charge is -2.16. The lowest BCUT2D eigenvalue weighted by atomic mass is 10.1. The number of rotatable bonds is 10. The minimum absolute atomic E-state index is 0.446. The van der Waals surface area contributed by atoms with Crippen LogP contribution in [0.5, 0.6) is 0 Å². The molecule has 1 aromatic carbocycles. The van der Waals surface area contributed by atoms with Gasteiger partial charge in [0.2, 0.25) is 0 Å². The van der Waals surface area contributed by atoms with Gasteiger partial charge in [0.25, 0.3) is 0 Å². The fourth-order valence-electron chi connectivity index (χ4n) is 2.02. The molecule has 1 aromatic rings. The van der Waals surface area contributed by atoms with Crippen molar-refractivity contribution in [3.63, 3.8) is 0 Å². The summed E-state index contributed by atoms with van der Waals surface area (Å²) in [6.45, 7) is 4.59. The lowest BCUT2D eigenvalue weighted by molar-refractivity contribution is 0.219. The molecule has 0 aromatic heterocycles. The molecule has 0 atom stereocenters. The van der Waals surface area contributed by atoms with Crippen LogP contribution < -0.4 is 0 Å². The van der Waals surface area contributed by atoms with Gasteiger partial charge in [-0.2, -0.15) is 0 Å². The van der Waals surface area contributed by atoms with E-state index in [1.54, 1.807) is 0 Å². The zero-order chi connectivity index (χ0) is 14.0. The van der Waals surface area contributed by atoms with Gasteiger partial charge in [0, 0.05) is 0 Å². The molecule has 0 unspecified atom stereocenters. The molecule has 0 fully saturated rings. The van der Waals surface area contributed by atoms with Gasteiger partial charge in [-0.1, -0.05) is 36.8 Å². The SMILES string of the molecule is CCOP(=O)(CCCCCc1ccccc1)OCC. The van der Waals surface area contributed by atoms with E-state index in [-0.39, 0.29) is 0 Å². The number of hydrogen-bond donors (Lipinski definition) is 0. The molecule has 0 N–H and O–H groups in total. The van der Waals surface area contributed by atoms with Crippen LogP contribution in [0.2, 0.25) is 0 Å². The Balaban J connectivity index is 2.20. The molecule has 0 spiro atoms. The number of aryl methyl sites for hydroxylation is 1. The third kappa shape index (κ3) is 6.91. The van der Waals surface area contributed by atoms with Crippen LogP contribution in [0.15, 0.2) is 30.3 Å². The molecule has 3 nitrogen and oxygen atoms in total. The van der Waals surface area contributed by atoms with Crippen molar-refractivity contribution >= 4 is 7.60 Å². The minimum Gasteiger partial charge on any atom is -0.309 e. The Labute approximate surface area is 116 Å². The fourth-order valence-corrected chi connectivity index (χ4v) is 3.75. The summed E-state index contributed by atoms with van der Waals surface area (Å²) >= 11 is 0. The molecule has 4 heteroatoms. The molecule has 0 saturated carbocycles. The highest BCUT2D eigenvalue weighted by molar-refractivity contribution is 7.53. The number of benzene rings is 1. The first-order chi connectivity index (χ1) is 9.20. The maximum Gasteiger partial charge on any atom is 0.330 e. The standard InChI is InChI=1S/C15H25O3P/c1-3-17-19(16,18-4-2)14-10-6-9-13-15-11-7-5-8-12-15/h5,7-8,11-12H,3-4,6,9-10,13-14H2,1-2H3. The summed E-state index contributed by atoms with van der Waals surface area (Å²) < 4.78 is 22.7. The third-order valence-corrected chi connectivity index (χ3v) is 5.06. The van der Waals surface area contributed by atoms with Gasteiger partial charge in [-0.3, -0.25) is 4.57 Å². The summed E-state index contributed by atoms with van der Waals surface area (Å²) in [5, 5.41) is 0. The van der Waals surface area contributed by atoms with Gasteiger partial charge in [0.05, 0.1) is 19.4 Å². The van der Waals surface area contributed by atoms with Gasteiger partial charge in [-0.15, -0.1) is 0 Å². The van der Waals surface area contributed by atoms with Crippen LogP contribution in [0, 0.1) is 0 Å². The van der Waals surface area contributed by atoms with Crippen LogP contribution in [0.3, 0.4) is 0 Å². The molecule has 0 bridgehead atoms. The first-order valence-corrected chi connectivity index (χ1v) is 8.85. The van der Waals surface area contributed by atoms with E-state index in [9.17, 15) is 4.57 Å². The predicted molar refractivity (Wildman–Crippen MR) is 79.7 cm³/mol. The van der Waals surface area contributed by atoms with E-state index in [0.717, 1.165) is 25.7 Å². The van der Waals surface area contributed by atoms with E-state index in [4.69, 9.17) is 9.05 Å². The Morgan fingerprint density at radius 1 is 0.947 bits per heavy atom. The highest BCUT2D eigenvalue weighted by Gasteiger charge is 2.22. The molecular weight excluding hydrogens is 259 g/mol. The molecule has 0 amide bonds. The smallest absolute Gasteiger partial charge is 0.309 e. The Bertz CT molecular complexity index is 368. The van der Waals surface area contributed by atoms with Gasteiger partial charge in [0.15, 0.2) is 0 Å². The van der Waals surface area contributed by atoms with Gasteiger partial charge in [-0.25, -0.2) is 0 Å². The predicted octanol–water partition coefficient (Wildman–Crippen LogP) is 4.67. The van der Waals surface area contributed by atoms with E-state index >= 15 is 0 Å². The normalized spacial score (nSPS) is 11.7. The summed E-state index contributed by atoms with van der Waals surface area (Å²) in [5.41, 5.74) is 1.36.